The largest absolute Gasteiger partial charge is 0.366 e. The predicted octanol–water partition coefficient (Wildman–Crippen LogP) is 1.44. The van der Waals surface area contributed by atoms with E-state index in [1.54, 1.807) is 6.92 Å². The molecule has 3 rings (SSSR count). The maximum atomic E-state index is 11.3. The van der Waals surface area contributed by atoms with Gasteiger partial charge in [0.05, 0.1) is 0 Å². The molecule has 1 N–H and O–H groups in total. The van der Waals surface area contributed by atoms with Crippen LogP contribution in [0.1, 0.15) is 23.7 Å². The van der Waals surface area contributed by atoms with Crippen molar-refractivity contribution in [2.24, 2.45) is 0 Å². The van der Waals surface area contributed by atoms with Crippen molar-refractivity contribution >= 4 is 11.5 Å². The van der Waals surface area contributed by atoms with Crippen LogP contribution < -0.4 is 10.2 Å². The number of ketones is 1. The Hall–Kier alpha value is -1.35. The molecule has 84 valence electrons. The van der Waals surface area contributed by atoms with Gasteiger partial charge in [-0.25, -0.2) is 0 Å². The highest BCUT2D eigenvalue weighted by Crippen LogP contribution is 2.29. The maximum Gasteiger partial charge on any atom is 0.159 e. The summed E-state index contributed by atoms with van der Waals surface area (Å²) in [5, 5.41) is 3.48. The average molecular weight is 216 g/mol. The molecule has 1 aromatic carbocycles. The Bertz CT molecular complexity index is 430. The molecule has 16 heavy (non-hydrogen) atoms. The van der Waals surface area contributed by atoms with Gasteiger partial charge in [0.1, 0.15) is 0 Å². The lowest BCUT2D eigenvalue weighted by Gasteiger charge is -2.29. The molecule has 0 amide bonds. The third-order valence-electron chi connectivity index (χ3n) is 3.64. The van der Waals surface area contributed by atoms with Crippen LogP contribution in [-0.4, -0.2) is 31.0 Å². The van der Waals surface area contributed by atoms with Crippen molar-refractivity contribution in [2.45, 2.75) is 25.4 Å². The second-order valence-electron chi connectivity index (χ2n) is 4.75. The van der Waals surface area contributed by atoms with Crippen LogP contribution in [-0.2, 0) is 0 Å². The number of piperazine rings is 1. The second kappa shape index (κ2) is 3.59. The molecule has 3 nitrogen and oxygen atoms in total. The lowest BCUT2D eigenvalue weighted by molar-refractivity contribution is 0.101. The van der Waals surface area contributed by atoms with Crippen LogP contribution in [0.15, 0.2) is 24.3 Å². The number of nitrogens with zero attached hydrogens (tertiary/aromatic N) is 1. The van der Waals surface area contributed by atoms with E-state index in [1.165, 1.54) is 12.1 Å². The van der Waals surface area contributed by atoms with Gasteiger partial charge in [-0.05, 0) is 25.5 Å². The summed E-state index contributed by atoms with van der Waals surface area (Å²) in [4.78, 5) is 13.8. The molecule has 3 heteroatoms. The number of nitrogens with one attached hydrogen (secondary N) is 1. The zero-order valence-corrected chi connectivity index (χ0v) is 9.44. The van der Waals surface area contributed by atoms with Crippen molar-refractivity contribution in [3.05, 3.63) is 29.8 Å². The van der Waals surface area contributed by atoms with Crippen molar-refractivity contribution in [1.29, 1.82) is 0 Å². The van der Waals surface area contributed by atoms with E-state index in [9.17, 15) is 4.79 Å². The van der Waals surface area contributed by atoms with Crippen molar-refractivity contribution in [1.82, 2.24) is 5.32 Å². The van der Waals surface area contributed by atoms with Gasteiger partial charge in [-0.1, -0.05) is 12.1 Å². The fraction of sp³-hybridized carbons (Fsp3) is 0.462. The van der Waals surface area contributed by atoms with Crippen LogP contribution >= 0.6 is 0 Å². The number of carbonyl (C=O) groups excluding carboxylic acids is 1. The first kappa shape index (κ1) is 9.85. The molecular formula is C13H16N2O. The van der Waals surface area contributed by atoms with Gasteiger partial charge in [0.2, 0.25) is 0 Å². The molecule has 0 spiro atoms. The van der Waals surface area contributed by atoms with Gasteiger partial charge in [-0.2, -0.15) is 0 Å². The SMILES string of the molecule is CC(=O)c1cccc(N2CC3CC2CN3)c1. The van der Waals surface area contributed by atoms with E-state index in [2.05, 4.69) is 16.3 Å². The highest BCUT2D eigenvalue weighted by Gasteiger charge is 2.37. The number of Topliss-reactive ketones (excluding diaryl/α,β-unsaturated/α-hetero) is 1. The Kier molecular flexibility index (Phi) is 2.21. The minimum absolute atomic E-state index is 0.143. The number of hydrogen-bond acceptors (Lipinski definition) is 3. The molecule has 2 atom stereocenters. The number of fused-ring (bicyclic) bond motifs is 2. The molecule has 1 aromatic rings. The van der Waals surface area contributed by atoms with Gasteiger partial charge in [0, 0.05) is 36.4 Å². The van der Waals surface area contributed by atoms with Crippen LogP contribution in [0.25, 0.3) is 0 Å². The van der Waals surface area contributed by atoms with Crippen LogP contribution in [0.2, 0.25) is 0 Å². The van der Waals surface area contributed by atoms with E-state index in [0.29, 0.717) is 12.1 Å². The zero-order chi connectivity index (χ0) is 11.1. The average Bonchev–Trinajstić information content (AvgIpc) is 2.91. The van der Waals surface area contributed by atoms with E-state index in [4.69, 9.17) is 0 Å². The molecule has 2 saturated heterocycles. The van der Waals surface area contributed by atoms with Crippen molar-refractivity contribution < 1.29 is 4.79 Å². The van der Waals surface area contributed by atoms with Crippen LogP contribution in [0.4, 0.5) is 5.69 Å². The fourth-order valence-corrected chi connectivity index (χ4v) is 2.78. The zero-order valence-electron chi connectivity index (χ0n) is 9.44. The van der Waals surface area contributed by atoms with E-state index in [1.807, 2.05) is 18.2 Å². The van der Waals surface area contributed by atoms with Crippen LogP contribution in [0.3, 0.4) is 0 Å². The molecule has 0 saturated carbocycles. The quantitative estimate of drug-likeness (QED) is 0.759. The number of hydrogen-bond donors (Lipinski definition) is 1. The van der Waals surface area contributed by atoms with Crippen LogP contribution in [0.5, 0.6) is 0 Å². The Labute approximate surface area is 95.4 Å². The van der Waals surface area contributed by atoms with Crippen molar-refractivity contribution in [3.63, 3.8) is 0 Å². The summed E-state index contributed by atoms with van der Waals surface area (Å²) >= 11 is 0. The van der Waals surface area contributed by atoms with Crippen molar-refractivity contribution in [2.75, 3.05) is 18.0 Å². The monoisotopic (exact) mass is 216 g/mol. The normalized spacial score (nSPS) is 27.4. The smallest absolute Gasteiger partial charge is 0.159 e. The minimum Gasteiger partial charge on any atom is -0.366 e. The van der Waals surface area contributed by atoms with Gasteiger partial charge in [0.15, 0.2) is 5.78 Å². The highest BCUT2D eigenvalue weighted by atomic mass is 16.1. The first-order valence-corrected chi connectivity index (χ1v) is 5.85. The first-order valence-electron chi connectivity index (χ1n) is 5.85. The summed E-state index contributed by atoms with van der Waals surface area (Å²) in [6.07, 6.45) is 1.24. The van der Waals surface area contributed by atoms with E-state index in [-0.39, 0.29) is 5.78 Å². The van der Waals surface area contributed by atoms with Gasteiger partial charge in [0.25, 0.3) is 0 Å². The molecule has 0 aliphatic carbocycles. The molecule has 2 heterocycles. The summed E-state index contributed by atoms with van der Waals surface area (Å²) in [7, 11) is 0. The maximum absolute atomic E-state index is 11.3. The standard InChI is InChI=1S/C13H16N2O/c1-9(16)10-3-2-4-12(5-10)15-8-11-6-13(15)7-14-11/h2-5,11,13-14H,6-8H2,1H3. The molecule has 2 fully saturated rings. The summed E-state index contributed by atoms with van der Waals surface area (Å²) in [5.41, 5.74) is 2.01. The summed E-state index contributed by atoms with van der Waals surface area (Å²) in [5.74, 6) is 0.143. The number of carbonyl (C=O) groups is 1. The fourth-order valence-electron chi connectivity index (χ4n) is 2.78. The Morgan fingerprint density at radius 3 is 3.00 bits per heavy atom. The van der Waals surface area contributed by atoms with Gasteiger partial charge in [-0.3, -0.25) is 4.79 Å². The topological polar surface area (TPSA) is 32.3 Å². The Morgan fingerprint density at radius 1 is 1.50 bits per heavy atom. The molecule has 2 aliphatic heterocycles. The highest BCUT2D eigenvalue weighted by molar-refractivity contribution is 5.95. The molecule has 2 unspecified atom stereocenters. The molecule has 0 radical (unpaired) electrons. The van der Waals surface area contributed by atoms with E-state index in [0.717, 1.165) is 18.7 Å². The number of anilines is 1. The molecule has 2 aliphatic rings. The third-order valence-corrected chi connectivity index (χ3v) is 3.64. The predicted molar refractivity (Wildman–Crippen MR) is 64.0 cm³/mol. The van der Waals surface area contributed by atoms with Gasteiger partial charge >= 0.3 is 0 Å². The lowest BCUT2D eigenvalue weighted by atomic mass is 10.1. The lowest BCUT2D eigenvalue weighted by Crippen LogP contribution is -2.43. The first-order chi connectivity index (χ1) is 7.74. The summed E-state index contributed by atoms with van der Waals surface area (Å²) in [6.45, 7) is 3.78. The van der Waals surface area contributed by atoms with Crippen LogP contribution in [0, 0.1) is 0 Å². The second-order valence-corrected chi connectivity index (χ2v) is 4.75. The van der Waals surface area contributed by atoms with E-state index < -0.39 is 0 Å². The summed E-state index contributed by atoms with van der Waals surface area (Å²) < 4.78 is 0. The number of rotatable bonds is 2. The molecular weight excluding hydrogens is 200 g/mol. The minimum atomic E-state index is 0.143. The Morgan fingerprint density at radius 2 is 2.38 bits per heavy atom. The molecule has 0 aromatic heterocycles. The number of benzene rings is 1. The van der Waals surface area contributed by atoms with Gasteiger partial charge in [-0.15, -0.1) is 0 Å². The third kappa shape index (κ3) is 1.52. The summed E-state index contributed by atoms with van der Waals surface area (Å²) in [6, 6.07) is 9.25. The van der Waals surface area contributed by atoms with Crippen molar-refractivity contribution in [3.8, 4) is 0 Å². The molecule has 2 bridgehead atoms. The van der Waals surface area contributed by atoms with Gasteiger partial charge < -0.3 is 10.2 Å². The Balaban J connectivity index is 1.89. The van der Waals surface area contributed by atoms with E-state index >= 15 is 0 Å².